The van der Waals surface area contributed by atoms with Crippen LogP contribution in [0.2, 0.25) is 0 Å². The molecule has 0 amide bonds. The molecule has 0 aliphatic carbocycles. The summed E-state index contributed by atoms with van der Waals surface area (Å²) >= 11 is 3.27. The summed E-state index contributed by atoms with van der Waals surface area (Å²) in [6.07, 6.45) is 1.78. The number of rotatable bonds is 4. The fraction of sp³-hybridized carbons (Fsp3) is 0.143. The van der Waals surface area contributed by atoms with Crippen LogP contribution in [0, 0.1) is 6.92 Å². The zero-order chi connectivity index (χ0) is 13.8. The molecule has 0 aliphatic rings. The second kappa shape index (κ2) is 5.84. The van der Waals surface area contributed by atoms with Gasteiger partial charge in [-0.05, 0) is 36.8 Å². The second-order valence-corrected chi connectivity index (χ2v) is 5.07. The number of anilines is 1. The number of pyridine rings is 1. The molecule has 1 aromatic carbocycles. The van der Waals surface area contributed by atoms with Gasteiger partial charge in [0.15, 0.2) is 0 Å². The average Bonchev–Trinajstić information content (AvgIpc) is 2.39. The molecule has 1 heterocycles. The van der Waals surface area contributed by atoms with E-state index in [9.17, 15) is 4.79 Å². The van der Waals surface area contributed by atoms with E-state index in [1.165, 1.54) is 0 Å². The van der Waals surface area contributed by atoms with E-state index < -0.39 is 5.97 Å². The average molecular weight is 321 g/mol. The number of carboxylic acids is 1. The number of carboxylic acid groups (broad SMARTS) is 1. The van der Waals surface area contributed by atoms with E-state index >= 15 is 0 Å². The van der Waals surface area contributed by atoms with Crippen molar-refractivity contribution in [3.8, 4) is 0 Å². The van der Waals surface area contributed by atoms with Crippen molar-refractivity contribution in [1.29, 1.82) is 0 Å². The van der Waals surface area contributed by atoms with Crippen molar-refractivity contribution >= 4 is 27.6 Å². The van der Waals surface area contributed by atoms with Gasteiger partial charge < -0.3 is 10.4 Å². The molecule has 4 nitrogen and oxygen atoms in total. The van der Waals surface area contributed by atoms with Gasteiger partial charge in [0.2, 0.25) is 0 Å². The van der Waals surface area contributed by atoms with Crippen LogP contribution in [-0.4, -0.2) is 16.1 Å². The van der Waals surface area contributed by atoms with Crippen LogP contribution in [0.5, 0.6) is 0 Å². The first-order valence-corrected chi connectivity index (χ1v) is 6.54. The number of halogens is 1. The van der Waals surface area contributed by atoms with E-state index in [-0.39, 0.29) is 5.56 Å². The molecule has 0 saturated carbocycles. The Bertz CT molecular complexity index is 597. The van der Waals surface area contributed by atoms with Crippen LogP contribution in [0.4, 0.5) is 5.69 Å². The molecule has 2 aromatic rings. The highest BCUT2D eigenvalue weighted by atomic mass is 79.9. The standard InChI is InChI=1S/C14H13BrN2O2/c1-9-2-3-10(7-16-9)8-17-13-5-4-11(15)6-12(13)14(18)19/h2-7,17H,8H2,1H3,(H,18,19). The van der Waals surface area contributed by atoms with Gasteiger partial charge in [0.1, 0.15) is 0 Å². The molecule has 0 atom stereocenters. The monoisotopic (exact) mass is 320 g/mol. The molecule has 0 saturated heterocycles. The SMILES string of the molecule is Cc1ccc(CNc2ccc(Br)cc2C(=O)O)cn1. The van der Waals surface area contributed by atoms with Crippen LogP contribution in [0.15, 0.2) is 41.0 Å². The predicted octanol–water partition coefficient (Wildman–Crippen LogP) is 3.46. The highest BCUT2D eigenvalue weighted by Crippen LogP contribution is 2.21. The lowest BCUT2D eigenvalue weighted by Crippen LogP contribution is -2.06. The lowest BCUT2D eigenvalue weighted by molar-refractivity contribution is 0.0698. The first-order valence-electron chi connectivity index (χ1n) is 5.74. The van der Waals surface area contributed by atoms with Crippen LogP contribution in [-0.2, 0) is 6.54 Å². The van der Waals surface area contributed by atoms with Crippen molar-refractivity contribution in [3.63, 3.8) is 0 Å². The highest BCUT2D eigenvalue weighted by Gasteiger charge is 2.10. The quantitative estimate of drug-likeness (QED) is 0.905. The number of benzene rings is 1. The second-order valence-electron chi connectivity index (χ2n) is 4.16. The van der Waals surface area contributed by atoms with Gasteiger partial charge in [-0.15, -0.1) is 0 Å². The molecule has 0 radical (unpaired) electrons. The molecule has 0 aliphatic heterocycles. The van der Waals surface area contributed by atoms with Crippen LogP contribution < -0.4 is 5.32 Å². The Morgan fingerprint density at radius 3 is 2.79 bits per heavy atom. The van der Waals surface area contributed by atoms with Crippen molar-refractivity contribution in [2.75, 3.05) is 5.32 Å². The van der Waals surface area contributed by atoms with E-state index in [4.69, 9.17) is 5.11 Å². The van der Waals surface area contributed by atoms with Crippen molar-refractivity contribution in [2.45, 2.75) is 13.5 Å². The molecule has 2 N–H and O–H groups in total. The Morgan fingerprint density at radius 2 is 2.16 bits per heavy atom. The third kappa shape index (κ3) is 3.54. The zero-order valence-corrected chi connectivity index (χ0v) is 11.9. The molecule has 0 bridgehead atoms. The fourth-order valence-electron chi connectivity index (χ4n) is 1.65. The molecule has 0 unspecified atom stereocenters. The number of aryl methyl sites for hydroxylation is 1. The van der Waals surface area contributed by atoms with Crippen molar-refractivity contribution in [3.05, 3.63) is 57.8 Å². The number of aromatic carboxylic acids is 1. The summed E-state index contributed by atoms with van der Waals surface area (Å²) < 4.78 is 0.743. The summed E-state index contributed by atoms with van der Waals surface area (Å²) in [4.78, 5) is 15.4. The summed E-state index contributed by atoms with van der Waals surface area (Å²) in [5, 5.41) is 12.3. The first-order chi connectivity index (χ1) is 9.06. The maximum atomic E-state index is 11.2. The van der Waals surface area contributed by atoms with E-state index in [1.54, 1.807) is 18.3 Å². The van der Waals surface area contributed by atoms with Crippen molar-refractivity contribution in [2.24, 2.45) is 0 Å². The van der Waals surface area contributed by atoms with E-state index in [0.29, 0.717) is 12.2 Å². The van der Waals surface area contributed by atoms with E-state index in [0.717, 1.165) is 15.7 Å². The molecular formula is C14H13BrN2O2. The molecule has 1 aromatic heterocycles. The summed E-state index contributed by atoms with van der Waals surface area (Å²) in [6.45, 7) is 2.46. The Kier molecular flexibility index (Phi) is 4.16. The summed E-state index contributed by atoms with van der Waals surface area (Å²) in [5.74, 6) is -0.953. The lowest BCUT2D eigenvalue weighted by Gasteiger charge is -2.10. The minimum atomic E-state index is -0.953. The molecule has 5 heteroatoms. The molecule has 2 rings (SSSR count). The van der Waals surface area contributed by atoms with Crippen molar-refractivity contribution < 1.29 is 9.90 Å². The number of hydrogen-bond acceptors (Lipinski definition) is 3. The van der Waals surface area contributed by atoms with Gasteiger partial charge in [0, 0.05) is 28.6 Å². The smallest absolute Gasteiger partial charge is 0.337 e. The van der Waals surface area contributed by atoms with Crippen LogP contribution >= 0.6 is 15.9 Å². The Hall–Kier alpha value is -1.88. The number of aromatic nitrogens is 1. The summed E-state index contributed by atoms with van der Waals surface area (Å²) in [6, 6.07) is 9.03. The number of nitrogens with zero attached hydrogens (tertiary/aromatic N) is 1. The van der Waals surface area contributed by atoms with Gasteiger partial charge in [-0.25, -0.2) is 4.79 Å². The normalized spacial score (nSPS) is 10.2. The highest BCUT2D eigenvalue weighted by molar-refractivity contribution is 9.10. The lowest BCUT2D eigenvalue weighted by atomic mass is 10.1. The minimum Gasteiger partial charge on any atom is -0.478 e. The minimum absolute atomic E-state index is 0.245. The molecule has 0 spiro atoms. The van der Waals surface area contributed by atoms with Gasteiger partial charge in [-0.2, -0.15) is 0 Å². The first kappa shape index (κ1) is 13.5. The third-order valence-electron chi connectivity index (χ3n) is 2.67. The molecule has 19 heavy (non-hydrogen) atoms. The number of nitrogens with one attached hydrogen (secondary N) is 1. The maximum absolute atomic E-state index is 11.2. The van der Waals surface area contributed by atoms with Gasteiger partial charge in [-0.3, -0.25) is 4.98 Å². The summed E-state index contributed by atoms with van der Waals surface area (Å²) in [7, 11) is 0. The summed E-state index contributed by atoms with van der Waals surface area (Å²) in [5.41, 5.74) is 2.80. The molecular weight excluding hydrogens is 308 g/mol. The van der Waals surface area contributed by atoms with Crippen LogP contribution in [0.1, 0.15) is 21.6 Å². The van der Waals surface area contributed by atoms with Crippen LogP contribution in [0.25, 0.3) is 0 Å². The topological polar surface area (TPSA) is 62.2 Å². The van der Waals surface area contributed by atoms with E-state index in [1.807, 2.05) is 25.1 Å². The third-order valence-corrected chi connectivity index (χ3v) is 3.16. The Morgan fingerprint density at radius 1 is 1.37 bits per heavy atom. The van der Waals surface area contributed by atoms with Crippen LogP contribution in [0.3, 0.4) is 0 Å². The largest absolute Gasteiger partial charge is 0.478 e. The predicted molar refractivity (Wildman–Crippen MR) is 77.4 cm³/mol. The van der Waals surface area contributed by atoms with E-state index in [2.05, 4.69) is 26.2 Å². The van der Waals surface area contributed by atoms with Gasteiger partial charge in [0.25, 0.3) is 0 Å². The van der Waals surface area contributed by atoms with Crippen molar-refractivity contribution in [1.82, 2.24) is 4.98 Å². The number of carbonyl (C=O) groups is 1. The fourth-order valence-corrected chi connectivity index (χ4v) is 2.01. The Labute approximate surface area is 119 Å². The Balaban J connectivity index is 2.15. The molecule has 0 fully saturated rings. The maximum Gasteiger partial charge on any atom is 0.337 e. The number of hydrogen-bond donors (Lipinski definition) is 2. The molecule has 98 valence electrons. The van der Waals surface area contributed by atoms with Gasteiger partial charge in [-0.1, -0.05) is 22.0 Å². The van der Waals surface area contributed by atoms with Gasteiger partial charge >= 0.3 is 5.97 Å². The zero-order valence-electron chi connectivity index (χ0n) is 10.4. The van der Waals surface area contributed by atoms with Gasteiger partial charge in [0.05, 0.1) is 5.56 Å².